The average molecular weight is 293 g/mol. The van der Waals surface area contributed by atoms with Gasteiger partial charge in [0.05, 0.1) is 5.56 Å². The van der Waals surface area contributed by atoms with Crippen LogP contribution in [-0.2, 0) is 0 Å². The van der Waals surface area contributed by atoms with Crippen LogP contribution in [0, 0.1) is 17.5 Å². The highest BCUT2D eigenvalue weighted by atomic mass is 19.2. The number of ketones is 1. The van der Waals surface area contributed by atoms with Crippen molar-refractivity contribution >= 4 is 17.4 Å². The zero-order chi connectivity index (χ0) is 15.6. The molecular weight excluding hydrogens is 283 g/mol. The molecule has 3 nitrogen and oxygen atoms in total. The maximum atomic E-state index is 13.6. The Labute approximate surface area is 118 Å². The molecule has 0 aromatic heterocycles. The minimum Gasteiger partial charge on any atom is -0.322 e. The van der Waals surface area contributed by atoms with E-state index in [1.807, 2.05) is 0 Å². The fraction of sp³-hybridized carbons (Fsp3) is 0.0667. The summed E-state index contributed by atoms with van der Waals surface area (Å²) in [5.74, 6) is -4.19. The second-order valence-corrected chi connectivity index (χ2v) is 4.33. The summed E-state index contributed by atoms with van der Waals surface area (Å²) in [6.07, 6.45) is 0. The molecule has 108 valence electrons. The molecule has 0 spiro atoms. The molecule has 0 saturated carbocycles. The van der Waals surface area contributed by atoms with E-state index in [-0.39, 0.29) is 22.6 Å². The molecule has 1 amide bonds. The molecule has 0 aliphatic heterocycles. The summed E-state index contributed by atoms with van der Waals surface area (Å²) in [4.78, 5) is 23.2. The summed E-state index contributed by atoms with van der Waals surface area (Å²) < 4.78 is 39.4. The average Bonchev–Trinajstić information content (AvgIpc) is 2.43. The van der Waals surface area contributed by atoms with E-state index >= 15 is 0 Å². The van der Waals surface area contributed by atoms with Crippen LogP contribution in [0.2, 0.25) is 0 Å². The van der Waals surface area contributed by atoms with Gasteiger partial charge in [-0.3, -0.25) is 9.59 Å². The third kappa shape index (κ3) is 3.28. The van der Waals surface area contributed by atoms with E-state index in [0.717, 1.165) is 30.3 Å². The highest BCUT2D eigenvalue weighted by Crippen LogP contribution is 2.16. The van der Waals surface area contributed by atoms with Gasteiger partial charge in [0.1, 0.15) is 5.82 Å². The molecule has 0 saturated heterocycles. The van der Waals surface area contributed by atoms with Crippen LogP contribution in [0.5, 0.6) is 0 Å². The van der Waals surface area contributed by atoms with Gasteiger partial charge in [-0.05, 0) is 37.3 Å². The largest absolute Gasteiger partial charge is 0.322 e. The molecule has 0 heterocycles. The molecule has 0 atom stereocenters. The number of carbonyl (C=O) groups is 2. The van der Waals surface area contributed by atoms with Crippen molar-refractivity contribution in [1.82, 2.24) is 0 Å². The second kappa shape index (κ2) is 5.78. The third-order valence-electron chi connectivity index (χ3n) is 2.79. The van der Waals surface area contributed by atoms with Gasteiger partial charge in [0, 0.05) is 17.3 Å². The molecule has 1 N–H and O–H groups in total. The normalized spacial score (nSPS) is 10.3. The molecule has 0 aliphatic carbocycles. The minimum absolute atomic E-state index is 0.0217. The Morgan fingerprint density at radius 2 is 1.57 bits per heavy atom. The Bertz CT molecular complexity index is 729. The van der Waals surface area contributed by atoms with Gasteiger partial charge in [-0.1, -0.05) is 0 Å². The van der Waals surface area contributed by atoms with E-state index in [4.69, 9.17) is 0 Å². The van der Waals surface area contributed by atoms with Crippen LogP contribution in [0.15, 0.2) is 36.4 Å². The molecule has 6 heteroatoms. The van der Waals surface area contributed by atoms with Crippen LogP contribution in [-0.4, -0.2) is 11.7 Å². The molecule has 2 rings (SSSR count). The lowest BCUT2D eigenvalue weighted by Gasteiger charge is -2.07. The van der Waals surface area contributed by atoms with Crippen LogP contribution in [0.4, 0.5) is 18.9 Å². The summed E-state index contributed by atoms with van der Waals surface area (Å²) >= 11 is 0. The number of rotatable bonds is 3. The summed E-state index contributed by atoms with van der Waals surface area (Å²) in [5.41, 5.74) is -0.203. The zero-order valence-electron chi connectivity index (χ0n) is 10.9. The van der Waals surface area contributed by atoms with E-state index in [0.29, 0.717) is 0 Å². The Balaban J connectivity index is 2.29. The van der Waals surface area contributed by atoms with Crippen molar-refractivity contribution in [3.8, 4) is 0 Å². The molecule has 2 aromatic carbocycles. The van der Waals surface area contributed by atoms with E-state index in [2.05, 4.69) is 5.32 Å². The number of hydrogen-bond donors (Lipinski definition) is 1. The standard InChI is InChI=1S/C15H10F3NO2/c1-8(20)9-2-4-12(16)11(6-9)15(21)19-10-3-5-13(17)14(18)7-10/h2-7H,1H3,(H,19,21). The van der Waals surface area contributed by atoms with Crippen molar-refractivity contribution in [2.24, 2.45) is 0 Å². The number of Topliss-reactive ketones (excluding diaryl/α,β-unsaturated/α-hetero) is 1. The summed E-state index contributed by atoms with van der Waals surface area (Å²) in [6, 6.07) is 6.12. The van der Waals surface area contributed by atoms with Gasteiger partial charge in [-0.15, -0.1) is 0 Å². The van der Waals surface area contributed by atoms with Crippen molar-refractivity contribution in [2.45, 2.75) is 6.92 Å². The number of amides is 1. The zero-order valence-corrected chi connectivity index (χ0v) is 10.9. The van der Waals surface area contributed by atoms with E-state index in [9.17, 15) is 22.8 Å². The summed E-state index contributed by atoms with van der Waals surface area (Å²) in [7, 11) is 0. The predicted octanol–water partition coefficient (Wildman–Crippen LogP) is 3.56. The lowest BCUT2D eigenvalue weighted by molar-refractivity contribution is 0.101. The van der Waals surface area contributed by atoms with Gasteiger partial charge in [0.25, 0.3) is 5.91 Å². The number of nitrogens with one attached hydrogen (secondary N) is 1. The smallest absolute Gasteiger partial charge is 0.258 e. The third-order valence-corrected chi connectivity index (χ3v) is 2.79. The lowest BCUT2D eigenvalue weighted by Crippen LogP contribution is -2.15. The Morgan fingerprint density at radius 1 is 0.905 bits per heavy atom. The first-order valence-electron chi connectivity index (χ1n) is 5.95. The first-order valence-corrected chi connectivity index (χ1v) is 5.95. The monoisotopic (exact) mass is 293 g/mol. The first kappa shape index (κ1) is 14.8. The fourth-order valence-corrected chi connectivity index (χ4v) is 1.69. The van der Waals surface area contributed by atoms with Gasteiger partial charge >= 0.3 is 0 Å². The lowest BCUT2D eigenvalue weighted by atomic mass is 10.1. The Hall–Kier alpha value is -2.63. The maximum absolute atomic E-state index is 13.6. The second-order valence-electron chi connectivity index (χ2n) is 4.33. The van der Waals surface area contributed by atoms with Crippen LogP contribution < -0.4 is 5.32 Å². The Kier molecular flexibility index (Phi) is 4.07. The molecule has 0 aliphatic rings. The molecule has 0 bridgehead atoms. The quantitative estimate of drug-likeness (QED) is 0.879. The topological polar surface area (TPSA) is 46.2 Å². The predicted molar refractivity (Wildman–Crippen MR) is 70.7 cm³/mol. The summed E-state index contributed by atoms with van der Waals surface area (Å²) in [5, 5.41) is 2.24. The van der Waals surface area contributed by atoms with Crippen molar-refractivity contribution in [3.63, 3.8) is 0 Å². The van der Waals surface area contributed by atoms with Gasteiger partial charge < -0.3 is 5.32 Å². The number of halogens is 3. The minimum atomic E-state index is -1.13. The number of benzene rings is 2. The Morgan fingerprint density at radius 3 is 2.19 bits per heavy atom. The summed E-state index contributed by atoms with van der Waals surface area (Å²) in [6.45, 7) is 1.28. The van der Waals surface area contributed by atoms with Gasteiger partial charge in [-0.25, -0.2) is 13.2 Å². The SMILES string of the molecule is CC(=O)c1ccc(F)c(C(=O)Nc2ccc(F)c(F)c2)c1. The fourth-order valence-electron chi connectivity index (χ4n) is 1.69. The first-order chi connectivity index (χ1) is 9.88. The van der Waals surface area contributed by atoms with E-state index in [1.165, 1.54) is 13.0 Å². The van der Waals surface area contributed by atoms with Crippen molar-refractivity contribution < 1.29 is 22.8 Å². The number of anilines is 1. The van der Waals surface area contributed by atoms with Crippen LogP contribution in [0.25, 0.3) is 0 Å². The molecular formula is C15H10F3NO2. The number of hydrogen-bond acceptors (Lipinski definition) is 2. The highest BCUT2D eigenvalue weighted by Gasteiger charge is 2.15. The van der Waals surface area contributed by atoms with Crippen molar-refractivity contribution in [2.75, 3.05) is 5.32 Å². The maximum Gasteiger partial charge on any atom is 0.258 e. The molecule has 0 radical (unpaired) electrons. The van der Waals surface area contributed by atoms with E-state index < -0.39 is 23.4 Å². The van der Waals surface area contributed by atoms with Crippen molar-refractivity contribution in [3.05, 3.63) is 65.0 Å². The molecule has 0 unspecified atom stereocenters. The van der Waals surface area contributed by atoms with Crippen LogP contribution >= 0.6 is 0 Å². The highest BCUT2D eigenvalue weighted by molar-refractivity contribution is 6.06. The number of carbonyl (C=O) groups excluding carboxylic acids is 2. The molecule has 2 aromatic rings. The molecule has 0 fully saturated rings. The molecule has 21 heavy (non-hydrogen) atoms. The van der Waals surface area contributed by atoms with Gasteiger partial charge in [-0.2, -0.15) is 0 Å². The van der Waals surface area contributed by atoms with Crippen LogP contribution in [0.3, 0.4) is 0 Å². The van der Waals surface area contributed by atoms with Gasteiger partial charge in [0.2, 0.25) is 0 Å². The van der Waals surface area contributed by atoms with Gasteiger partial charge in [0.15, 0.2) is 17.4 Å². The van der Waals surface area contributed by atoms with E-state index in [1.54, 1.807) is 0 Å². The van der Waals surface area contributed by atoms with Crippen molar-refractivity contribution in [1.29, 1.82) is 0 Å². The van der Waals surface area contributed by atoms with Crippen LogP contribution in [0.1, 0.15) is 27.6 Å².